The highest BCUT2D eigenvalue weighted by Crippen LogP contribution is 2.27. The Hall–Kier alpha value is -1.99. The van der Waals surface area contributed by atoms with E-state index in [1.54, 1.807) is 12.1 Å². The number of piperazine rings is 1. The third-order valence-corrected chi connectivity index (χ3v) is 4.55. The lowest BCUT2D eigenvalue weighted by atomic mass is 10.1. The van der Waals surface area contributed by atoms with Gasteiger partial charge >= 0.3 is 5.97 Å². The van der Waals surface area contributed by atoms with E-state index < -0.39 is 17.9 Å². The van der Waals surface area contributed by atoms with E-state index in [4.69, 9.17) is 32.7 Å². The summed E-state index contributed by atoms with van der Waals surface area (Å²) in [5.41, 5.74) is 0. The smallest absolute Gasteiger partial charge is 0.308 e. The summed E-state index contributed by atoms with van der Waals surface area (Å²) in [6, 6.07) is 3.75. The standard InChI is InChI=1S/C18H22Cl2N2O5/c1-2-3-8-26-17(24)10-14-18(25)21-6-7-22(14)16(23)11-27-15-5-4-12(19)9-13(15)20/h4-5,9,14H,2-3,6-8,10-11H2,1H3,(H,21,25). The maximum absolute atomic E-state index is 12.5. The van der Waals surface area contributed by atoms with Crippen LogP contribution in [-0.2, 0) is 19.1 Å². The van der Waals surface area contributed by atoms with Crippen molar-refractivity contribution in [3.8, 4) is 5.75 Å². The van der Waals surface area contributed by atoms with E-state index in [2.05, 4.69) is 5.32 Å². The van der Waals surface area contributed by atoms with Crippen LogP contribution >= 0.6 is 23.2 Å². The molecule has 2 amide bonds. The third-order valence-electron chi connectivity index (χ3n) is 4.02. The first-order chi connectivity index (χ1) is 12.9. The Morgan fingerprint density at radius 3 is 2.81 bits per heavy atom. The van der Waals surface area contributed by atoms with Gasteiger partial charge in [-0.25, -0.2) is 0 Å². The van der Waals surface area contributed by atoms with Crippen LogP contribution < -0.4 is 10.1 Å². The van der Waals surface area contributed by atoms with E-state index in [1.165, 1.54) is 11.0 Å². The van der Waals surface area contributed by atoms with Crippen molar-refractivity contribution in [2.75, 3.05) is 26.3 Å². The van der Waals surface area contributed by atoms with Crippen LogP contribution in [0.15, 0.2) is 18.2 Å². The number of ether oxygens (including phenoxy) is 2. The number of unbranched alkanes of at least 4 members (excludes halogenated alkanes) is 1. The number of hydrogen-bond acceptors (Lipinski definition) is 5. The maximum Gasteiger partial charge on any atom is 0.308 e. The minimum atomic E-state index is -0.912. The van der Waals surface area contributed by atoms with Gasteiger partial charge in [0.25, 0.3) is 5.91 Å². The SMILES string of the molecule is CCCCOC(=O)CC1C(=O)NCCN1C(=O)COc1ccc(Cl)cc1Cl. The van der Waals surface area contributed by atoms with Crippen molar-refractivity contribution in [3.05, 3.63) is 28.2 Å². The minimum Gasteiger partial charge on any atom is -0.482 e. The second-order valence-corrected chi connectivity index (χ2v) is 6.88. The molecule has 2 rings (SSSR count). The highest BCUT2D eigenvalue weighted by Gasteiger charge is 2.35. The first-order valence-corrected chi connectivity index (χ1v) is 9.48. The van der Waals surface area contributed by atoms with Crippen LogP contribution in [0.25, 0.3) is 0 Å². The highest BCUT2D eigenvalue weighted by atomic mass is 35.5. The molecule has 1 fully saturated rings. The Morgan fingerprint density at radius 2 is 2.11 bits per heavy atom. The molecule has 1 atom stereocenters. The van der Waals surface area contributed by atoms with Crippen LogP contribution in [0.3, 0.4) is 0 Å². The molecule has 0 aliphatic carbocycles. The number of nitrogens with one attached hydrogen (secondary N) is 1. The number of halogens is 2. The number of nitrogens with zero attached hydrogens (tertiary/aromatic N) is 1. The molecule has 1 N–H and O–H groups in total. The van der Waals surface area contributed by atoms with Gasteiger partial charge in [0.15, 0.2) is 6.61 Å². The average Bonchev–Trinajstić information content (AvgIpc) is 2.62. The number of rotatable bonds is 8. The highest BCUT2D eigenvalue weighted by molar-refractivity contribution is 6.35. The molecule has 1 aliphatic heterocycles. The molecular weight excluding hydrogens is 395 g/mol. The predicted molar refractivity (Wildman–Crippen MR) is 101 cm³/mol. The molecule has 1 aromatic rings. The van der Waals surface area contributed by atoms with Crippen LogP contribution in [0.2, 0.25) is 10.0 Å². The number of benzene rings is 1. The molecule has 1 aliphatic rings. The second-order valence-electron chi connectivity index (χ2n) is 6.04. The number of carbonyl (C=O) groups excluding carboxylic acids is 3. The van der Waals surface area contributed by atoms with Gasteiger partial charge in [0.1, 0.15) is 11.8 Å². The molecule has 0 bridgehead atoms. The summed E-state index contributed by atoms with van der Waals surface area (Å²) >= 11 is 11.8. The van der Waals surface area contributed by atoms with Crippen LogP contribution in [0, 0.1) is 0 Å². The van der Waals surface area contributed by atoms with Crippen molar-refractivity contribution < 1.29 is 23.9 Å². The Morgan fingerprint density at radius 1 is 1.33 bits per heavy atom. The van der Waals surface area contributed by atoms with Crippen molar-refractivity contribution in [1.29, 1.82) is 0 Å². The molecule has 0 radical (unpaired) electrons. The van der Waals surface area contributed by atoms with Crippen molar-refractivity contribution in [2.45, 2.75) is 32.2 Å². The molecule has 7 nitrogen and oxygen atoms in total. The number of carbonyl (C=O) groups is 3. The fourth-order valence-electron chi connectivity index (χ4n) is 2.58. The van der Waals surface area contributed by atoms with Crippen LogP contribution in [0.4, 0.5) is 0 Å². The lowest BCUT2D eigenvalue weighted by Gasteiger charge is -2.34. The van der Waals surface area contributed by atoms with Crippen LogP contribution in [0.1, 0.15) is 26.2 Å². The Bertz CT molecular complexity index is 698. The molecule has 27 heavy (non-hydrogen) atoms. The van der Waals surface area contributed by atoms with Gasteiger partial charge in [-0.05, 0) is 24.6 Å². The fraction of sp³-hybridized carbons (Fsp3) is 0.500. The summed E-state index contributed by atoms with van der Waals surface area (Å²) in [6.07, 6.45) is 1.45. The van der Waals surface area contributed by atoms with Crippen molar-refractivity contribution in [2.24, 2.45) is 0 Å². The molecule has 1 unspecified atom stereocenters. The molecular formula is C18H22Cl2N2O5. The fourth-order valence-corrected chi connectivity index (χ4v) is 3.04. The van der Waals surface area contributed by atoms with Crippen molar-refractivity contribution in [3.63, 3.8) is 0 Å². The Labute approximate surface area is 167 Å². The molecule has 1 heterocycles. The van der Waals surface area contributed by atoms with Gasteiger partial charge in [-0.2, -0.15) is 0 Å². The molecule has 1 aromatic carbocycles. The number of amides is 2. The average molecular weight is 417 g/mol. The minimum absolute atomic E-state index is 0.191. The Balaban J connectivity index is 1.96. The van der Waals surface area contributed by atoms with E-state index in [9.17, 15) is 14.4 Å². The van der Waals surface area contributed by atoms with Gasteiger partial charge in [0.2, 0.25) is 5.91 Å². The Kier molecular flexibility index (Phi) is 8.19. The molecule has 0 aromatic heterocycles. The number of esters is 1. The largest absolute Gasteiger partial charge is 0.482 e. The summed E-state index contributed by atoms with van der Waals surface area (Å²) < 4.78 is 10.5. The monoisotopic (exact) mass is 416 g/mol. The van der Waals surface area contributed by atoms with Crippen LogP contribution in [-0.4, -0.2) is 55.0 Å². The maximum atomic E-state index is 12.5. The quantitative estimate of drug-likeness (QED) is 0.519. The summed E-state index contributed by atoms with van der Waals surface area (Å²) in [5.74, 6) is -0.995. The van der Waals surface area contributed by atoms with Crippen molar-refractivity contribution >= 4 is 41.0 Å². The zero-order valence-electron chi connectivity index (χ0n) is 15.0. The third kappa shape index (κ3) is 6.29. The van der Waals surface area contributed by atoms with Crippen molar-refractivity contribution in [1.82, 2.24) is 10.2 Å². The molecule has 148 valence electrons. The number of hydrogen-bond donors (Lipinski definition) is 1. The molecule has 0 spiro atoms. The second kappa shape index (κ2) is 10.4. The van der Waals surface area contributed by atoms with Gasteiger partial charge in [-0.1, -0.05) is 36.5 Å². The molecule has 1 saturated heterocycles. The predicted octanol–water partition coefficient (Wildman–Crippen LogP) is 2.43. The van der Waals surface area contributed by atoms with E-state index in [-0.39, 0.29) is 30.5 Å². The summed E-state index contributed by atoms with van der Waals surface area (Å²) in [5, 5.41) is 3.39. The first-order valence-electron chi connectivity index (χ1n) is 8.73. The van der Waals surface area contributed by atoms with E-state index in [0.717, 1.165) is 12.8 Å². The summed E-state index contributed by atoms with van der Waals surface area (Å²) in [7, 11) is 0. The summed E-state index contributed by atoms with van der Waals surface area (Å²) in [4.78, 5) is 38.0. The van der Waals surface area contributed by atoms with E-state index >= 15 is 0 Å². The zero-order chi connectivity index (χ0) is 19.8. The molecule has 0 saturated carbocycles. The zero-order valence-corrected chi connectivity index (χ0v) is 16.5. The van der Waals surface area contributed by atoms with Gasteiger partial charge in [0, 0.05) is 18.1 Å². The van der Waals surface area contributed by atoms with Gasteiger partial charge in [-0.3, -0.25) is 14.4 Å². The first kappa shape index (κ1) is 21.3. The lowest BCUT2D eigenvalue weighted by molar-refractivity contribution is -0.152. The topological polar surface area (TPSA) is 84.9 Å². The molecule has 9 heteroatoms. The van der Waals surface area contributed by atoms with Crippen LogP contribution in [0.5, 0.6) is 5.75 Å². The van der Waals surface area contributed by atoms with E-state index in [1.807, 2.05) is 6.92 Å². The summed E-state index contributed by atoms with van der Waals surface area (Å²) in [6.45, 7) is 2.57. The lowest BCUT2D eigenvalue weighted by Crippen LogP contribution is -2.58. The normalized spacial score (nSPS) is 16.6. The van der Waals surface area contributed by atoms with Gasteiger partial charge in [-0.15, -0.1) is 0 Å². The van der Waals surface area contributed by atoms with E-state index in [0.29, 0.717) is 23.9 Å². The van der Waals surface area contributed by atoms with Gasteiger partial charge < -0.3 is 19.7 Å². The van der Waals surface area contributed by atoms with Gasteiger partial charge in [0.05, 0.1) is 18.1 Å².